The molecule has 1 fully saturated rings. The lowest BCUT2D eigenvalue weighted by molar-refractivity contribution is 0.0395. The Morgan fingerprint density at radius 3 is 2.70 bits per heavy atom. The quantitative estimate of drug-likeness (QED) is 0.838. The average molecular weight is 337 g/mol. The van der Waals surface area contributed by atoms with Gasteiger partial charge in [-0.2, -0.15) is 0 Å². The van der Waals surface area contributed by atoms with Crippen LogP contribution in [0.25, 0.3) is 0 Å². The molecule has 1 aliphatic rings. The second-order valence-electron chi connectivity index (χ2n) is 4.69. The van der Waals surface area contributed by atoms with Crippen LogP contribution >= 0.6 is 15.9 Å². The third kappa shape index (κ3) is 2.99. The van der Waals surface area contributed by atoms with E-state index in [0.717, 1.165) is 28.9 Å². The first-order valence-corrected chi connectivity index (χ1v) is 7.25. The number of halogens is 2. The normalized spacial score (nSPS) is 19.1. The molecule has 3 nitrogen and oxygen atoms in total. The van der Waals surface area contributed by atoms with E-state index < -0.39 is 0 Å². The van der Waals surface area contributed by atoms with Gasteiger partial charge in [0, 0.05) is 23.8 Å². The van der Waals surface area contributed by atoms with Crippen molar-refractivity contribution in [2.75, 3.05) is 24.6 Å². The van der Waals surface area contributed by atoms with E-state index in [9.17, 15) is 4.39 Å². The number of pyridine rings is 1. The molecule has 104 valence electrons. The van der Waals surface area contributed by atoms with Gasteiger partial charge in [-0.25, -0.2) is 9.37 Å². The minimum atomic E-state index is -0.226. The highest BCUT2D eigenvalue weighted by Gasteiger charge is 2.22. The van der Waals surface area contributed by atoms with E-state index in [4.69, 9.17) is 4.74 Å². The first-order chi connectivity index (χ1) is 9.72. The Morgan fingerprint density at radius 2 is 2.00 bits per heavy atom. The van der Waals surface area contributed by atoms with Crippen LogP contribution in [0.2, 0.25) is 0 Å². The SMILES string of the molecule is Fc1ccc(C2CN(c3ccc(Br)cn3)CCO2)cc1. The minimum Gasteiger partial charge on any atom is -0.370 e. The molecule has 0 saturated carbocycles. The zero-order chi connectivity index (χ0) is 13.9. The van der Waals surface area contributed by atoms with E-state index in [1.807, 2.05) is 12.1 Å². The van der Waals surface area contributed by atoms with Gasteiger partial charge in [0.2, 0.25) is 0 Å². The topological polar surface area (TPSA) is 25.4 Å². The summed E-state index contributed by atoms with van der Waals surface area (Å²) in [6.07, 6.45) is 1.74. The van der Waals surface area contributed by atoms with Crippen LogP contribution < -0.4 is 4.90 Å². The summed E-state index contributed by atoms with van der Waals surface area (Å²) in [5.41, 5.74) is 0.994. The van der Waals surface area contributed by atoms with Crippen molar-refractivity contribution < 1.29 is 9.13 Å². The van der Waals surface area contributed by atoms with Gasteiger partial charge < -0.3 is 9.64 Å². The molecule has 1 saturated heterocycles. The van der Waals surface area contributed by atoms with Crippen LogP contribution in [0.4, 0.5) is 10.2 Å². The van der Waals surface area contributed by atoms with E-state index in [1.165, 1.54) is 12.1 Å². The molecule has 20 heavy (non-hydrogen) atoms. The number of aromatic nitrogens is 1. The number of hydrogen-bond acceptors (Lipinski definition) is 3. The number of ether oxygens (including phenoxy) is 1. The van der Waals surface area contributed by atoms with Gasteiger partial charge >= 0.3 is 0 Å². The standard InChI is InChI=1S/C15H14BrFN2O/c16-12-3-6-15(18-9-12)19-7-8-20-14(10-19)11-1-4-13(17)5-2-11/h1-6,9,14H,7-8,10H2. The Labute approximate surface area is 125 Å². The molecule has 1 aromatic carbocycles. The van der Waals surface area contributed by atoms with Crippen molar-refractivity contribution in [3.8, 4) is 0 Å². The van der Waals surface area contributed by atoms with Crippen LogP contribution in [0.5, 0.6) is 0 Å². The maximum atomic E-state index is 13.0. The summed E-state index contributed by atoms with van der Waals surface area (Å²) in [4.78, 5) is 6.59. The van der Waals surface area contributed by atoms with Crippen LogP contribution in [0.3, 0.4) is 0 Å². The van der Waals surface area contributed by atoms with Crippen molar-refractivity contribution in [3.63, 3.8) is 0 Å². The summed E-state index contributed by atoms with van der Waals surface area (Å²) < 4.78 is 19.7. The molecule has 1 aromatic heterocycles. The third-order valence-corrected chi connectivity index (χ3v) is 3.81. The van der Waals surface area contributed by atoms with Crippen molar-refractivity contribution in [3.05, 3.63) is 58.4 Å². The third-order valence-electron chi connectivity index (χ3n) is 3.34. The largest absolute Gasteiger partial charge is 0.370 e. The maximum absolute atomic E-state index is 13.0. The van der Waals surface area contributed by atoms with Crippen LogP contribution in [-0.4, -0.2) is 24.7 Å². The fourth-order valence-corrected chi connectivity index (χ4v) is 2.53. The highest BCUT2D eigenvalue weighted by Crippen LogP contribution is 2.25. The number of rotatable bonds is 2. The summed E-state index contributed by atoms with van der Waals surface area (Å²) in [5, 5.41) is 0. The number of morpholine rings is 1. The molecule has 1 unspecified atom stereocenters. The Balaban J connectivity index is 1.76. The Morgan fingerprint density at radius 1 is 1.20 bits per heavy atom. The predicted octanol–water partition coefficient (Wildman–Crippen LogP) is 3.56. The van der Waals surface area contributed by atoms with Crippen LogP contribution in [0.15, 0.2) is 47.1 Å². The molecule has 0 aliphatic carbocycles. The van der Waals surface area contributed by atoms with Gasteiger partial charge in [-0.3, -0.25) is 0 Å². The molecule has 0 amide bonds. The molecule has 1 aliphatic heterocycles. The molecular weight excluding hydrogens is 323 g/mol. The van der Waals surface area contributed by atoms with Crippen molar-refractivity contribution in [1.82, 2.24) is 4.98 Å². The number of hydrogen-bond donors (Lipinski definition) is 0. The molecule has 2 aromatic rings. The fourth-order valence-electron chi connectivity index (χ4n) is 2.29. The molecule has 0 bridgehead atoms. The highest BCUT2D eigenvalue weighted by atomic mass is 79.9. The maximum Gasteiger partial charge on any atom is 0.128 e. The van der Waals surface area contributed by atoms with Gasteiger partial charge in [-0.15, -0.1) is 0 Å². The molecular formula is C15H14BrFN2O. The Bertz CT molecular complexity index is 522. The first-order valence-electron chi connectivity index (χ1n) is 6.46. The van der Waals surface area contributed by atoms with E-state index in [-0.39, 0.29) is 11.9 Å². The molecule has 1 atom stereocenters. The van der Waals surface area contributed by atoms with Crippen LogP contribution in [0.1, 0.15) is 11.7 Å². The number of benzene rings is 1. The van der Waals surface area contributed by atoms with Crippen molar-refractivity contribution in [1.29, 1.82) is 0 Å². The minimum absolute atomic E-state index is 0.0465. The van der Waals surface area contributed by atoms with E-state index in [0.29, 0.717) is 6.61 Å². The van der Waals surface area contributed by atoms with Crippen molar-refractivity contribution in [2.45, 2.75) is 6.10 Å². The van der Waals surface area contributed by atoms with E-state index in [1.54, 1.807) is 18.3 Å². The van der Waals surface area contributed by atoms with Gasteiger partial charge in [-0.1, -0.05) is 12.1 Å². The molecule has 2 heterocycles. The fraction of sp³-hybridized carbons (Fsp3) is 0.267. The number of anilines is 1. The Hall–Kier alpha value is -1.46. The zero-order valence-corrected chi connectivity index (χ0v) is 12.4. The molecule has 0 N–H and O–H groups in total. The Kier molecular flexibility index (Phi) is 3.98. The van der Waals surface area contributed by atoms with Crippen LogP contribution in [0, 0.1) is 5.82 Å². The zero-order valence-electron chi connectivity index (χ0n) is 10.8. The van der Waals surface area contributed by atoms with Crippen molar-refractivity contribution in [2.24, 2.45) is 0 Å². The van der Waals surface area contributed by atoms with Gasteiger partial charge in [0.05, 0.1) is 6.61 Å². The first kappa shape index (κ1) is 13.5. The van der Waals surface area contributed by atoms with Gasteiger partial charge in [-0.05, 0) is 45.8 Å². The summed E-state index contributed by atoms with van der Waals surface area (Å²) in [5.74, 6) is 0.708. The predicted molar refractivity (Wildman–Crippen MR) is 79.2 cm³/mol. The summed E-state index contributed by atoms with van der Waals surface area (Å²) in [7, 11) is 0. The summed E-state index contributed by atoms with van der Waals surface area (Å²) >= 11 is 3.38. The molecule has 5 heteroatoms. The summed E-state index contributed by atoms with van der Waals surface area (Å²) in [6, 6.07) is 10.4. The lowest BCUT2D eigenvalue weighted by atomic mass is 10.1. The molecule has 0 radical (unpaired) electrons. The average Bonchev–Trinajstić information content (AvgIpc) is 2.49. The van der Waals surface area contributed by atoms with Gasteiger partial charge in [0.15, 0.2) is 0 Å². The van der Waals surface area contributed by atoms with Gasteiger partial charge in [0.1, 0.15) is 17.7 Å². The van der Waals surface area contributed by atoms with Crippen molar-refractivity contribution >= 4 is 21.7 Å². The lowest BCUT2D eigenvalue weighted by Crippen LogP contribution is -2.38. The lowest BCUT2D eigenvalue weighted by Gasteiger charge is -2.34. The smallest absolute Gasteiger partial charge is 0.128 e. The van der Waals surface area contributed by atoms with Gasteiger partial charge in [0.25, 0.3) is 0 Å². The second-order valence-corrected chi connectivity index (χ2v) is 5.61. The number of nitrogens with zero attached hydrogens (tertiary/aromatic N) is 2. The molecule has 3 rings (SSSR count). The summed E-state index contributed by atoms with van der Waals surface area (Å²) in [6.45, 7) is 2.17. The monoisotopic (exact) mass is 336 g/mol. The highest BCUT2D eigenvalue weighted by molar-refractivity contribution is 9.10. The second kappa shape index (κ2) is 5.89. The van der Waals surface area contributed by atoms with E-state index >= 15 is 0 Å². The van der Waals surface area contributed by atoms with E-state index in [2.05, 4.69) is 25.8 Å². The molecule has 0 spiro atoms. The van der Waals surface area contributed by atoms with Crippen LogP contribution in [-0.2, 0) is 4.74 Å².